The van der Waals surface area contributed by atoms with Crippen LogP contribution in [0.4, 0.5) is 13.2 Å². The number of rotatable bonds is 6. The van der Waals surface area contributed by atoms with Gasteiger partial charge in [0.1, 0.15) is 27.4 Å². The van der Waals surface area contributed by atoms with E-state index in [4.69, 9.17) is 0 Å². The van der Waals surface area contributed by atoms with Gasteiger partial charge in [-0.1, -0.05) is 12.1 Å². The molecule has 2 aromatic carbocycles. The van der Waals surface area contributed by atoms with Crippen molar-refractivity contribution in [1.29, 1.82) is 0 Å². The summed E-state index contributed by atoms with van der Waals surface area (Å²) in [6.45, 7) is 1.76. The molecule has 0 fully saturated rings. The highest BCUT2D eigenvalue weighted by Crippen LogP contribution is 2.28. The first-order valence-corrected chi connectivity index (χ1v) is 10.2. The number of nitrogens with one attached hydrogen (secondary N) is 1. The van der Waals surface area contributed by atoms with Gasteiger partial charge in [0.05, 0.1) is 5.69 Å². The Morgan fingerprint density at radius 3 is 2.56 bits per heavy atom. The molecule has 0 saturated carbocycles. The molecule has 0 saturated heterocycles. The van der Waals surface area contributed by atoms with Gasteiger partial charge in [0.25, 0.3) is 0 Å². The minimum absolute atomic E-state index is 0.0100. The number of hydrogen-bond acceptors (Lipinski definition) is 4. The van der Waals surface area contributed by atoms with Crippen molar-refractivity contribution in [1.82, 2.24) is 9.71 Å². The minimum Gasteiger partial charge on any atom is -0.241 e. The van der Waals surface area contributed by atoms with Gasteiger partial charge in [-0.05, 0) is 43.7 Å². The number of aryl methyl sites for hydroxylation is 1. The van der Waals surface area contributed by atoms with E-state index in [9.17, 15) is 21.6 Å². The standard InChI is InChI=1S/C18H15F3N2O2S2/c1-11-16(26-18(23-11)12-3-2-4-13(19)9-12)7-8-22-27(24,25)17-10-14(20)5-6-15(17)21/h2-6,9-10,22H,7-8H2,1H3. The number of nitrogens with zero attached hydrogens (tertiary/aromatic N) is 1. The van der Waals surface area contributed by atoms with Gasteiger partial charge in [0, 0.05) is 17.0 Å². The first-order chi connectivity index (χ1) is 12.8. The van der Waals surface area contributed by atoms with E-state index in [0.717, 1.165) is 17.0 Å². The minimum atomic E-state index is -4.18. The molecule has 3 rings (SSSR count). The van der Waals surface area contributed by atoms with Crippen LogP contribution >= 0.6 is 11.3 Å². The molecule has 0 bridgehead atoms. The molecule has 9 heteroatoms. The van der Waals surface area contributed by atoms with Crippen LogP contribution in [0.2, 0.25) is 0 Å². The average Bonchev–Trinajstić information content (AvgIpc) is 2.98. The highest BCUT2D eigenvalue weighted by atomic mass is 32.2. The Hall–Kier alpha value is -2.23. The second kappa shape index (κ2) is 7.79. The third-order valence-corrected chi connectivity index (χ3v) is 6.53. The number of benzene rings is 2. The zero-order valence-electron chi connectivity index (χ0n) is 14.2. The van der Waals surface area contributed by atoms with Gasteiger partial charge in [-0.3, -0.25) is 0 Å². The van der Waals surface area contributed by atoms with E-state index >= 15 is 0 Å². The summed E-state index contributed by atoms with van der Waals surface area (Å²) in [6.07, 6.45) is 0.314. The lowest BCUT2D eigenvalue weighted by atomic mass is 10.2. The molecule has 0 aliphatic carbocycles. The van der Waals surface area contributed by atoms with E-state index in [1.54, 1.807) is 19.1 Å². The monoisotopic (exact) mass is 412 g/mol. The maximum atomic E-state index is 13.7. The third kappa shape index (κ3) is 4.55. The smallest absolute Gasteiger partial charge is 0.241 e. The maximum absolute atomic E-state index is 13.7. The van der Waals surface area contributed by atoms with Crippen LogP contribution in [0.5, 0.6) is 0 Å². The fourth-order valence-corrected chi connectivity index (χ4v) is 4.64. The summed E-state index contributed by atoms with van der Waals surface area (Å²) in [7, 11) is -4.18. The summed E-state index contributed by atoms with van der Waals surface area (Å²) in [5.41, 5.74) is 1.34. The number of sulfonamides is 1. The molecular weight excluding hydrogens is 397 g/mol. The maximum Gasteiger partial charge on any atom is 0.243 e. The van der Waals surface area contributed by atoms with E-state index in [2.05, 4.69) is 9.71 Å². The van der Waals surface area contributed by atoms with Gasteiger partial charge < -0.3 is 0 Å². The topological polar surface area (TPSA) is 59.1 Å². The quantitative estimate of drug-likeness (QED) is 0.664. The van der Waals surface area contributed by atoms with Gasteiger partial charge >= 0.3 is 0 Å². The molecule has 0 radical (unpaired) electrons. The van der Waals surface area contributed by atoms with Crippen LogP contribution in [-0.2, 0) is 16.4 Å². The van der Waals surface area contributed by atoms with E-state index in [0.29, 0.717) is 28.8 Å². The highest BCUT2D eigenvalue weighted by molar-refractivity contribution is 7.89. The van der Waals surface area contributed by atoms with E-state index in [1.807, 2.05) is 0 Å². The van der Waals surface area contributed by atoms with Crippen molar-refractivity contribution in [2.75, 3.05) is 6.54 Å². The summed E-state index contributed by atoms with van der Waals surface area (Å²) < 4.78 is 66.9. The van der Waals surface area contributed by atoms with Gasteiger partial charge in [-0.2, -0.15) is 0 Å². The SMILES string of the molecule is Cc1nc(-c2cccc(F)c2)sc1CCNS(=O)(=O)c1cc(F)ccc1F. The van der Waals surface area contributed by atoms with E-state index in [-0.39, 0.29) is 12.4 Å². The molecule has 27 heavy (non-hydrogen) atoms. The molecule has 0 aliphatic rings. The molecule has 3 aromatic rings. The molecule has 0 spiro atoms. The Balaban J connectivity index is 1.71. The van der Waals surface area contributed by atoms with Crippen LogP contribution in [-0.4, -0.2) is 19.9 Å². The largest absolute Gasteiger partial charge is 0.243 e. The Labute approximate surface area is 158 Å². The lowest BCUT2D eigenvalue weighted by molar-refractivity contribution is 0.546. The van der Waals surface area contributed by atoms with Crippen molar-refractivity contribution in [2.45, 2.75) is 18.2 Å². The van der Waals surface area contributed by atoms with Crippen LogP contribution in [0, 0.1) is 24.4 Å². The number of aromatic nitrogens is 1. The highest BCUT2D eigenvalue weighted by Gasteiger charge is 2.20. The van der Waals surface area contributed by atoms with Crippen LogP contribution in [0.1, 0.15) is 10.6 Å². The second-order valence-electron chi connectivity index (χ2n) is 5.76. The predicted molar refractivity (Wildman–Crippen MR) is 97.5 cm³/mol. The average molecular weight is 412 g/mol. The van der Waals surface area contributed by atoms with Crippen molar-refractivity contribution in [3.63, 3.8) is 0 Å². The van der Waals surface area contributed by atoms with Crippen molar-refractivity contribution < 1.29 is 21.6 Å². The zero-order chi connectivity index (χ0) is 19.6. The Kier molecular flexibility index (Phi) is 5.64. The predicted octanol–water partition coefficient (Wildman–Crippen LogP) is 4.06. The Bertz CT molecular complexity index is 1080. The number of thiazole rings is 1. The molecule has 142 valence electrons. The normalized spacial score (nSPS) is 11.7. The fourth-order valence-electron chi connectivity index (χ4n) is 2.46. The molecule has 0 unspecified atom stereocenters. The Morgan fingerprint density at radius 2 is 1.81 bits per heavy atom. The van der Waals surface area contributed by atoms with Crippen molar-refractivity contribution >= 4 is 21.4 Å². The Morgan fingerprint density at radius 1 is 1.07 bits per heavy atom. The van der Waals surface area contributed by atoms with Gasteiger partial charge in [0.15, 0.2) is 0 Å². The van der Waals surface area contributed by atoms with Crippen molar-refractivity contribution in [3.05, 3.63) is 70.5 Å². The molecule has 1 N–H and O–H groups in total. The van der Waals surface area contributed by atoms with Gasteiger partial charge in [-0.25, -0.2) is 31.3 Å². The molecule has 0 aliphatic heterocycles. The van der Waals surface area contributed by atoms with Crippen LogP contribution < -0.4 is 4.72 Å². The molecule has 1 aromatic heterocycles. The molecule has 1 heterocycles. The molecule has 0 amide bonds. The summed E-state index contributed by atoms with van der Waals surface area (Å²) in [5.74, 6) is -2.23. The lowest BCUT2D eigenvalue weighted by Gasteiger charge is -2.07. The third-order valence-electron chi connectivity index (χ3n) is 3.79. The van der Waals surface area contributed by atoms with Crippen LogP contribution in [0.25, 0.3) is 10.6 Å². The van der Waals surface area contributed by atoms with Gasteiger partial charge in [-0.15, -0.1) is 11.3 Å². The summed E-state index contributed by atoms with van der Waals surface area (Å²) in [5, 5.41) is 0.626. The van der Waals surface area contributed by atoms with E-state index in [1.165, 1.54) is 23.5 Å². The summed E-state index contributed by atoms with van der Waals surface area (Å²) in [4.78, 5) is 4.47. The fraction of sp³-hybridized carbons (Fsp3) is 0.167. The van der Waals surface area contributed by atoms with Gasteiger partial charge in [0.2, 0.25) is 10.0 Å². The first kappa shape index (κ1) is 19.5. The van der Waals surface area contributed by atoms with Crippen molar-refractivity contribution in [2.24, 2.45) is 0 Å². The van der Waals surface area contributed by atoms with E-state index < -0.39 is 26.6 Å². The number of halogens is 3. The molecular formula is C18H15F3N2O2S2. The zero-order valence-corrected chi connectivity index (χ0v) is 15.8. The summed E-state index contributed by atoms with van der Waals surface area (Å²) in [6, 6.07) is 8.29. The summed E-state index contributed by atoms with van der Waals surface area (Å²) >= 11 is 1.33. The number of hydrogen-bond donors (Lipinski definition) is 1. The first-order valence-electron chi connectivity index (χ1n) is 7.93. The van der Waals surface area contributed by atoms with Crippen molar-refractivity contribution in [3.8, 4) is 10.6 Å². The molecule has 0 atom stereocenters. The van der Waals surface area contributed by atoms with Crippen LogP contribution in [0.15, 0.2) is 47.4 Å². The second-order valence-corrected chi connectivity index (χ2v) is 8.58. The lowest BCUT2D eigenvalue weighted by Crippen LogP contribution is -2.26. The molecule has 4 nitrogen and oxygen atoms in total. The van der Waals surface area contributed by atoms with Crippen LogP contribution in [0.3, 0.4) is 0 Å².